The summed E-state index contributed by atoms with van der Waals surface area (Å²) in [5.74, 6) is -0.323. The van der Waals surface area contributed by atoms with Gasteiger partial charge in [0.15, 0.2) is 0 Å². The van der Waals surface area contributed by atoms with Crippen LogP contribution in [-0.2, 0) is 13.2 Å². The van der Waals surface area contributed by atoms with Crippen molar-refractivity contribution in [1.82, 2.24) is 19.7 Å². The average Bonchev–Trinajstić information content (AvgIpc) is 3.19. The second-order valence-electron chi connectivity index (χ2n) is 5.24. The maximum atomic E-state index is 13.5. The number of halogens is 3. The number of aromatic nitrogens is 4. The fraction of sp³-hybridized carbons (Fsp3) is 0.462. The third-order valence-electron chi connectivity index (χ3n) is 3.65. The lowest BCUT2D eigenvalue weighted by molar-refractivity contribution is -0.136. The molecule has 0 unspecified atom stereocenters. The van der Waals surface area contributed by atoms with E-state index in [4.69, 9.17) is 5.73 Å². The number of anilines is 2. The summed E-state index contributed by atoms with van der Waals surface area (Å²) in [7, 11) is 3.08. The highest BCUT2D eigenvalue weighted by Gasteiger charge is 2.41. The number of nitrogen functional groups attached to an aromatic ring is 1. The van der Waals surface area contributed by atoms with Gasteiger partial charge < -0.3 is 11.1 Å². The number of nitrogens with one attached hydrogen (secondary N) is 1. The van der Waals surface area contributed by atoms with Gasteiger partial charge in [-0.15, -0.1) is 0 Å². The molecule has 1 fully saturated rings. The van der Waals surface area contributed by atoms with Gasteiger partial charge in [-0.05, 0) is 12.8 Å². The summed E-state index contributed by atoms with van der Waals surface area (Å²) in [4.78, 5) is 7.51. The molecule has 2 heterocycles. The van der Waals surface area contributed by atoms with Gasteiger partial charge >= 0.3 is 6.18 Å². The van der Waals surface area contributed by atoms with Crippen LogP contribution in [0, 0.1) is 0 Å². The van der Waals surface area contributed by atoms with Crippen LogP contribution in [0.1, 0.15) is 30.0 Å². The van der Waals surface area contributed by atoms with E-state index in [1.165, 1.54) is 13.2 Å². The van der Waals surface area contributed by atoms with Crippen LogP contribution in [0.15, 0.2) is 6.20 Å². The summed E-state index contributed by atoms with van der Waals surface area (Å²) in [6.45, 7) is 0. The topological polar surface area (TPSA) is 81.7 Å². The molecule has 0 saturated heterocycles. The first-order chi connectivity index (χ1) is 10.3. The minimum Gasteiger partial charge on any atom is -0.372 e. The zero-order valence-electron chi connectivity index (χ0n) is 12.1. The van der Waals surface area contributed by atoms with Crippen molar-refractivity contribution in [3.8, 4) is 11.3 Å². The van der Waals surface area contributed by atoms with E-state index in [1.807, 2.05) is 0 Å². The zero-order valence-corrected chi connectivity index (χ0v) is 12.1. The molecule has 22 heavy (non-hydrogen) atoms. The predicted molar refractivity (Wildman–Crippen MR) is 75.2 cm³/mol. The Balaban J connectivity index is 2.28. The van der Waals surface area contributed by atoms with Crippen molar-refractivity contribution < 1.29 is 13.2 Å². The van der Waals surface area contributed by atoms with Crippen molar-refractivity contribution in [3.63, 3.8) is 0 Å². The Labute approximate surface area is 124 Å². The van der Waals surface area contributed by atoms with E-state index in [9.17, 15) is 13.2 Å². The number of nitrogens with two attached hydrogens (primary N) is 1. The fourth-order valence-corrected chi connectivity index (χ4v) is 2.59. The highest BCUT2D eigenvalue weighted by Crippen LogP contribution is 2.47. The van der Waals surface area contributed by atoms with Gasteiger partial charge in [0.1, 0.15) is 11.4 Å². The van der Waals surface area contributed by atoms with Crippen molar-refractivity contribution in [2.45, 2.75) is 24.9 Å². The van der Waals surface area contributed by atoms with Crippen molar-refractivity contribution in [1.29, 1.82) is 0 Å². The van der Waals surface area contributed by atoms with Crippen molar-refractivity contribution in [2.24, 2.45) is 7.05 Å². The minimum absolute atomic E-state index is 0.210. The molecule has 0 spiro atoms. The van der Waals surface area contributed by atoms with Gasteiger partial charge in [0.2, 0.25) is 5.95 Å². The van der Waals surface area contributed by atoms with E-state index in [-0.39, 0.29) is 23.4 Å². The molecule has 1 saturated carbocycles. The van der Waals surface area contributed by atoms with Gasteiger partial charge in [0.25, 0.3) is 0 Å². The van der Waals surface area contributed by atoms with E-state index in [1.54, 1.807) is 11.7 Å². The lowest BCUT2D eigenvalue weighted by atomic mass is 10.0. The van der Waals surface area contributed by atoms with Crippen LogP contribution in [0.25, 0.3) is 11.3 Å². The van der Waals surface area contributed by atoms with E-state index >= 15 is 0 Å². The molecule has 2 aromatic heterocycles. The second kappa shape index (κ2) is 4.85. The van der Waals surface area contributed by atoms with Crippen LogP contribution < -0.4 is 11.1 Å². The standard InChI is InChI=1S/C13H15F3N6/c1-18-11-8(13(14,15)16)9(20-12(17)21-11)7-5-19-22(2)10(7)6-3-4-6/h5-6H,3-4H2,1-2H3,(H3,17,18,20,21). The number of hydrogen-bond acceptors (Lipinski definition) is 5. The number of alkyl halides is 3. The van der Waals surface area contributed by atoms with Crippen molar-refractivity contribution >= 4 is 11.8 Å². The molecule has 0 amide bonds. The molecule has 9 heteroatoms. The summed E-state index contributed by atoms with van der Waals surface area (Å²) >= 11 is 0. The molecule has 6 nitrogen and oxygen atoms in total. The number of rotatable bonds is 3. The van der Waals surface area contributed by atoms with Crippen LogP contribution in [0.5, 0.6) is 0 Å². The van der Waals surface area contributed by atoms with Gasteiger partial charge in [-0.2, -0.15) is 23.3 Å². The SMILES string of the molecule is CNc1nc(N)nc(-c2cnn(C)c2C2CC2)c1C(F)(F)F. The molecule has 0 radical (unpaired) electrons. The van der Waals surface area contributed by atoms with Crippen LogP contribution in [-0.4, -0.2) is 26.8 Å². The van der Waals surface area contributed by atoms with Crippen LogP contribution in [0.2, 0.25) is 0 Å². The molecule has 3 N–H and O–H groups in total. The Bertz CT molecular complexity index is 717. The summed E-state index contributed by atoms with van der Waals surface area (Å²) < 4.78 is 42.0. The van der Waals surface area contributed by atoms with Crippen LogP contribution >= 0.6 is 0 Å². The van der Waals surface area contributed by atoms with E-state index in [2.05, 4.69) is 20.4 Å². The largest absolute Gasteiger partial charge is 0.422 e. The molecule has 118 valence electrons. The number of aryl methyl sites for hydroxylation is 1. The van der Waals surface area contributed by atoms with Crippen LogP contribution in [0.3, 0.4) is 0 Å². The highest BCUT2D eigenvalue weighted by molar-refractivity contribution is 5.73. The lowest BCUT2D eigenvalue weighted by Crippen LogP contribution is -2.15. The lowest BCUT2D eigenvalue weighted by Gasteiger charge is -2.16. The molecule has 3 rings (SSSR count). The first-order valence-electron chi connectivity index (χ1n) is 6.77. The van der Waals surface area contributed by atoms with Gasteiger partial charge in [0.05, 0.1) is 17.6 Å². The third kappa shape index (κ3) is 2.36. The van der Waals surface area contributed by atoms with Gasteiger partial charge in [0, 0.05) is 25.6 Å². The molecule has 0 aliphatic heterocycles. The van der Waals surface area contributed by atoms with E-state index in [0.717, 1.165) is 18.5 Å². The Morgan fingerprint density at radius 2 is 2.00 bits per heavy atom. The number of hydrogen-bond donors (Lipinski definition) is 2. The van der Waals surface area contributed by atoms with E-state index in [0.29, 0.717) is 5.56 Å². The number of nitrogens with zero attached hydrogens (tertiary/aromatic N) is 4. The van der Waals surface area contributed by atoms with Gasteiger partial charge in [-0.1, -0.05) is 0 Å². The molecule has 1 aliphatic rings. The summed E-state index contributed by atoms with van der Waals surface area (Å²) in [6.07, 6.45) is -1.32. The Hall–Kier alpha value is -2.32. The average molecular weight is 312 g/mol. The Kier molecular flexibility index (Phi) is 3.22. The smallest absolute Gasteiger partial charge is 0.372 e. The molecule has 0 aromatic carbocycles. The maximum Gasteiger partial charge on any atom is 0.422 e. The fourth-order valence-electron chi connectivity index (χ4n) is 2.59. The first-order valence-corrected chi connectivity index (χ1v) is 6.77. The molecule has 2 aromatic rings. The highest BCUT2D eigenvalue weighted by atomic mass is 19.4. The van der Waals surface area contributed by atoms with Gasteiger partial charge in [-0.3, -0.25) is 4.68 Å². The molecule has 0 bridgehead atoms. The predicted octanol–water partition coefficient (Wildman–Crippen LogP) is 2.40. The first kappa shape index (κ1) is 14.6. The van der Waals surface area contributed by atoms with Gasteiger partial charge in [-0.25, -0.2) is 4.98 Å². The Morgan fingerprint density at radius 3 is 2.55 bits per heavy atom. The third-order valence-corrected chi connectivity index (χ3v) is 3.65. The van der Waals surface area contributed by atoms with Crippen molar-refractivity contribution in [2.75, 3.05) is 18.1 Å². The van der Waals surface area contributed by atoms with Crippen LogP contribution in [0.4, 0.5) is 24.9 Å². The summed E-state index contributed by atoms with van der Waals surface area (Å²) in [6, 6.07) is 0. The minimum atomic E-state index is -4.60. The molecular weight excluding hydrogens is 297 g/mol. The molecular formula is C13H15F3N6. The Morgan fingerprint density at radius 1 is 1.32 bits per heavy atom. The second-order valence-corrected chi connectivity index (χ2v) is 5.24. The van der Waals surface area contributed by atoms with E-state index < -0.39 is 11.7 Å². The molecule has 0 atom stereocenters. The molecule has 1 aliphatic carbocycles. The normalized spacial score (nSPS) is 15.1. The monoisotopic (exact) mass is 312 g/mol. The van der Waals surface area contributed by atoms with Crippen molar-refractivity contribution in [3.05, 3.63) is 17.5 Å². The maximum absolute atomic E-state index is 13.5. The zero-order chi connectivity index (χ0) is 16.1. The summed E-state index contributed by atoms with van der Waals surface area (Å²) in [5.41, 5.74) is 5.56. The summed E-state index contributed by atoms with van der Waals surface area (Å²) in [5, 5.41) is 6.54. The quantitative estimate of drug-likeness (QED) is 0.909.